The first kappa shape index (κ1) is 6.23. The molecular formula is C6H9N. The highest BCUT2D eigenvalue weighted by Crippen LogP contribution is 1.67. The number of hydrogen-bond acceptors (Lipinski definition) is 1. The van der Waals surface area contributed by atoms with E-state index < -0.39 is 0 Å². The molecule has 0 aliphatic heterocycles. The summed E-state index contributed by atoms with van der Waals surface area (Å²) in [6.07, 6.45) is 7.34. The smallest absolute Gasteiger partial charge is 0.0437 e. The first-order valence-corrected chi connectivity index (χ1v) is 2.33. The van der Waals surface area contributed by atoms with Crippen LogP contribution >= 0.6 is 0 Å². The fourth-order valence-electron chi connectivity index (χ4n) is 0.246. The number of hydrogen-bond donors (Lipinski definition) is 0. The maximum absolute atomic E-state index is 4.93. The van der Waals surface area contributed by atoms with Crippen molar-refractivity contribution in [1.29, 1.82) is 0 Å². The van der Waals surface area contributed by atoms with Gasteiger partial charge in [0.1, 0.15) is 0 Å². The molecule has 38 valence electrons. The molecule has 0 aromatic carbocycles. The SMILES string of the molecule is C#CCC=NCC. The van der Waals surface area contributed by atoms with Crippen molar-refractivity contribution in [2.75, 3.05) is 6.54 Å². The summed E-state index contributed by atoms with van der Waals surface area (Å²) < 4.78 is 0. The summed E-state index contributed by atoms with van der Waals surface area (Å²) in [5, 5.41) is 0. The highest BCUT2D eigenvalue weighted by atomic mass is 14.7. The quantitative estimate of drug-likeness (QED) is 0.360. The second-order valence-corrected chi connectivity index (χ2v) is 1.09. The average Bonchev–Trinajstić information content (AvgIpc) is 1.69. The Morgan fingerprint density at radius 3 is 3.00 bits per heavy atom. The molecule has 0 atom stereocenters. The summed E-state index contributed by atoms with van der Waals surface area (Å²) in [4.78, 5) is 3.89. The summed E-state index contributed by atoms with van der Waals surface area (Å²) in [7, 11) is 0. The molecule has 0 fully saturated rings. The largest absolute Gasteiger partial charge is 0.297 e. The summed E-state index contributed by atoms with van der Waals surface area (Å²) in [6, 6.07) is 0. The molecule has 0 aromatic rings. The van der Waals surface area contributed by atoms with Crippen LogP contribution in [0.2, 0.25) is 0 Å². The van der Waals surface area contributed by atoms with Gasteiger partial charge in [0, 0.05) is 19.2 Å². The third-order valence-electron chi connectivity index (χ3n) is 0.521. The van der Waals surface area contributed by atoms with Crippen LogP contribution in [0.25, 0.3) is 0 Å². The monoisotopic (exact) mass is 95.1 g/mol. The van der Waals surface area contributed by atoms with Crippen LogP contribution in [0.5, 0.6) is 0 Å². The maximum atomic E-state index is 4.93. The summed E-state index contributed by atoms with van der Waals surface area (Å²) >= 11 is 0. The highest BCUT2D eigenvalue weighted by molar-refractivity contribution is 5.60. The number of rotatable bonds is 2. The third kappa shape index (κ3) is 5.23. The van der Waals surface area contributed by atoms with Crippen molar-refractivity contribution < 1.29 is 0 Å². The van der Waals surface area contributed by atoms with Crippen LogP contribution in [0.3, 0.4) is 0 Å². The number of nitrogens with zero attached hydrogens (tertiary/aromatic N) is 1. The van der Waals surface area contributed by atoms with E-state index in [4.69, 9.17) is 6.42 Å². The van der Waals surface area contributed by atoms with E-state index in [1.807, 2.05) is 6.92 Å². The van der Waals surface area contributed by atoms with Crippen molar-refractivity contribution in [3.63, 3.8) is 0 Å². The molecule has 7 heavy (non-hydrogen) atoms. The van der Waals surface area contributed by atoms with E-state index in [0.29, 0.717) is 6.42 Å². The normalized spacial score (nSPS) is 9.14. The molecule has 0 amide bonds. The molecule has 0 rings (SSSR count). The molecule has 1 nitrogen and oxygen atoms in total. The van der Waals surface area contributed by atoms with Gasteiger partial charge in [0.05, 0.1) is 0 Å². The molecule has 0 bridgehead atoms. The number of terminal acetylenes is 1. The number of aliphatic imine (C=N–C) groups is 1. The van der Waals surface area contributed by atoms with Gasteiger partial charge in [0.2, 0.25) is 0 Å². The van der Waals surface area contributed by atoms with Gasteiger partial charge in [-0.2, -0.15) is 0 Å². The Balaban J connectivity index is 2.97. The van der Waals surface area contributed by atoms with Crippen LogP contribution in [-0.4, -0.2) is 12.8 Å². The molecule has 0 heterocycles. The topological polar surface area (TPSA) is 12.4 Å². The second kappa shape index (κ2) is 5.23. The van der Waals surface area contributed by atoms with Gasteiger partial charge < -0.3 is 0 Å². The summed E-state index contributed by atoms with van der Waals surface area (Å²) in [6.45, 7) is 2.81. The van der Waals surface area contributed by atoms with Crippen LogP contribution in [0, 0.1) is 12.3 Å². The lowest BCUT2D eigenvalue weighted by atomic mass is 10.5. The maximum Gasteiger partial charge on any atom is 0.0437 e. The zero-order chi connectivity index (χ0) is 5.54. The van der Waals surface area contributed by atoms with E-state index in [1.54, 1.807) is 6.21 Å². The van der Waals surface area contributed by atoms with Gasteiger partial charge in [-0.15, -0.1) is 12.3 Å². The first-order chi connectivity index (χ1) is 3.41. The minimum atomic E-state index is 0.661. The van der Waals surface area contributed by atoms with E-state index in [0.717, 1.165) is 6.54 Å². The predicted octanol–water partition coefficient (Wildman–Crippen LogP) is 1.10. The first-order valence-electron chi connectivity index (χ1n) is 2.33. The van der Waals surface area contributed by atoms with Crippen molar-refractivity contribution in [2.24, 2.45) is 4.99 Å². The molecule has 0 spiro atoms. The average molecular weight is 95.1 g/mol. The summed E-state index contributed by atoms with van der Waals surface area (Å²) in [5.74, 6) is 2.45. The Morgan fingerprint density at radius 2 is 2.57 bits per heavy atom. The molecule has 0 saturated heterocycles. The Hall–Kier alpha value is -0.770. The zero-order valence-corrected chi connectivity index (χ0v) is 4.52. The van der Waals surface area contributed by atoms with Crippen molar-refractivity contribution in [2.45, 2.75) is 13.3 Å². The molecule has 0 radical (unpaired) electrons. The van der Waals surface area contributed by atoms with E-state index in [9.17, 15) is 0 Å². The van der Waals surface area contributed by atoms with Crippen LogP contribution < -0.4 is 0 Å². The molecule has 0 unspecified atom stereocenters. The lowest BCUT2D eigenvalue weighted by molar-refractivity contribution is 1.13. The Bertz CT molecular complexity index is 86.8. The molecule has 1 heteroatoms. The van der Waals surface area contributed by atoms with E-state index >= 15 is 0 Å². The van der Waals surface area contributed by atoms with Crippen molar-refractivity contribution >= 4 is 6.21 Å². The van der Waals surface area contributed by atoms with E-state index in [-0.39, 0.29) is 0 Å². The van der Waals surface area contributed by atoms with Gasteiger partial charge in [-0.1, -0.05) is 0 Å². The molecule has 0 N–H and O–H groups in total. The molecule has 0 aliphatic rings. The minimum absolute atomic E-state index is 0.661. The van der Waals surface area contributed by atoms with E-state index in [2.05, 4.69) is 10.9 Å². The predicted molar refractivity (Wildman–Crippen MR) is 32.5 cm³/mol. The molecule has 0 aliphatic carbocycles. The second-order valence-electron chi connectivity index (χ2n) is 1.09. The van der Waals surface area contributed by atoms with Crippen molar-refractivity contribution in [3.05, 3.63) is 0 Å². The Morgan fingerprint density at radius 1 is 1.86 bits per heavy atom. The van der Waals surface area contributed by atoms with Gasteiger partial charge in [-0.05, 0) is 6.92 Å². The van der Waals surface area contributed by atoms with Crippen LogP contribution in [0.1, 0.15) is 13.3 Å². The summed E-state index contributed by atoms with van der Waals surface area (Å²) in [5.41, 5.74) is 0. The van der Waals surface area contributed by atoms with Gasteiger partial charge in [-0.3, -0.25) is 4.99 Å². The van der Waals surface area contributed by atoms with Gasteiger partial charge >= 0.3 is 0 Å². The van der Waals surface area contributed by atoms with Crippen LogP contribution in [0.4, 0.5) is 0 Å². The highest BCUT2D eigenvalue weighted by Gasteiger charge is 1.63. The molecule has 0 aromatic heterocycles. The molecule has 0 saturated carbocycles. The van der Waals surface area contributed by atoms with Gasteiger partial charge in [-0.25, -0.2) is 0 Å². The van der Waals surface area contributed by atoms with Crippen molar-refractivity contribution in [1.82, 2.24) is 0 Å². The third-order valence-corrected chi connectivity index (χ3v) is 0.521. The van der Waals surface area contributed by atoms with Gasteiger partial charge in [0.15, 0.2) is 0 Å². The van der Waals surface area contributed by atoms with Crippen LogP contribution in [-0.2, 0) is 0 Å². The lowest BCUT2D eigenvalue weighted by Gasteiger charge is -1.74. The van der Waals surface area contributed by atoms with Crippen molar-refractivity contribution in [3.8, 4) is 12.3 Å². The fraction of sp³-hybridized carbons (Fsp3) is 0.500. The standard InChI is InChI=1S/C6H9N/c1-3-5-6-7-4-2/h1,6H,4-5H2,2H3. The lowest BCUT2D eigenvalue weighted by Crippen LogP contribution is -1.71. The van der Waals surface area contributed by atoms with E-state index in [1.165, 1.54) is 0 Å². The van der Waals surface area contributed by atoms with Crippen LogP contribution in [0.15, 0.2) is 4.99 Å². The Labute approximate surface area is 44.5 Å². The fourth-order valence-corrected chi connectivity index (χ4v) is 0.246. The minimum Gasteiger partial charge on any atom is -0.297 e. The molecular weight excluding hydrogens is 86.1 g/mol. The zero-order valence-electron chi connectivity index (χ0n) is 4.52. The van der Waals surface area contributed by atoms with Gasteiger partial charge in [0.25, 0.3) is 0 Å². The Kier molecular flexibility index (Phi) is 4.65.